The molecule has 96 valence electrons. The van der Waals surface area contributed by atoms with Crippen LogP contribution in [0.1, 0.15) is 41.5 Å². The van der Waals surface area contributed by atoms with E-state index in [9.17, 15) is 4.79 Å². The number of hydrogen-bond acceptors (Lipinski definition) is 4. The van der Waals surface area contributed by atoms with Crippen molar-refractivity contribution in [3.8, 4) is 0 Å². The van der Waals surface area contributed by atoms with Gasteiger partial charge in [-0.3, -0.25) is 0 Å². The average Bonchev–Trinajstić information content (AvgIpc) is 1.73. The van der Waals surface area contributed by atoms with Crippen LogP contribution < -0.4 is 5.73 Å². The smallest absolute Gasteiger partial charge is 0.719 e. The van der Waals surface area contributed by atoms with Gasteiger partial charge in [-0.2, -0.15) is 0 Å². The fourth-order valence-electron chi connectivity index (χ4n) is 1.55. The molecule has 0 aliphatic rings. The molecule has 0 aromatic rings. The van der Waals surface area contributed by atoms with Gasteiger partial charge in [0.1, 0.15) is 5.24 Å². The largest absolute Gasteiger partial charge is 2.00 e. The van der Waals surface area contributed by atoms with E-state index < -0.39 is 5.24 Å². The second kappa shape index (κ2) is 8.17. The molecule has 0 saturated carbocycles. The molecule has 0 atom stereocenters. The number of rotatable bonds is 0. The molecule has 2 N–H and O–H groups in total. The second-order valence-electron chi connectivity index (χ2n) is 5.26. The van der Waals surface area contributed by atoms with Crippen LogP contribution in [0.3, 0.4) is 0 Å². The van der Waals surface area contributed by atoms with E-state index in [1.165, 1.54) is 0 Å². The zero-order valence-electron chi connectivity index (χ0n) is 11.4. The Morgan fingerprint density at radius 2 is 1.12 bits per heavy atom. The zero-order valence-corrected chi connectivity index (χ0v) is 16.0. The van der Waals surface area contributed by atoms with Crippen molar-refractivity contribution in [2.75, 3.05) is 0 Å². The molecular weight excluding hydrogens is 310 g/mol. The summed E-state index contributed by atoms with van der Waals surface area (Å²) in [7, 11) is 0. The third kappa shape index (κ3) is 12.3. The molecule has 0 saturated heterocycles. The second-order valence-corrected chi connectivity index (χ2v) is 6.01. The predicted molar refractivity (Wildman–Crippen MR) is 71.1 cm³/mol. The van der Waals surface area contributed by atoms with Crippen LogP contribution in [-0.4, -0.2) is 26.5 Å². The van der Waals surface area contributed by atoms with E-state index in [4.69, 9.17) is 4.79 Å². The molecule has 0 bridgehead atoms. The van der Waals surface area contributed by atoms with Crippen molar-refractivity contribution in [2.24, 2.45) is 5.73 Å². The predicted octanol–water partition coefficient (Wildman–Crippen LogP) is 2.16. The maximum absolute atomic E-state index is 11.2. The molecule has 7 heteroatoms. The first-order valence-corrected chi connectivity index (χ1v) is 5.59. The average molecular weight is 330 g/mol. The van der Waals surface area contributed by atoms with Crippen molar-refractivity contribution in [1.82, 2.24) is 4.90 Å². The van der Waals surface area contributed by atoms with Crippen LogP contribution in [0.4, 0.5) is 9.59 Å². The molecule has 0 aliphatic heterocycles. The summed E-state index contributed by atoms with van der Waals surface area (Å²) in [5.74, 6) is 0. The maximum atomic E-state index is 11.2. The summed E-state index contributed by atoms with van der Waals surface area (Å²) in [4.78, 5) is 21.9. The number of carbonyl (C=O) groups excluding carboxylic acids is 2. The van der Waals surface area contributed by atoms with Crippen LogP contribution in [0.15, 0.2) is 0 Å². The van der Waals surface area contributed by atoms with E-state index in [2.05, 4.69) is 31.0 Å². The van der Waals surface area contributed by atoms with Gasteiger partial charge in [0, 0.05) is 11.1 Å². The maximum Gasteiger partial charge on any atom is 2.00 e. The minimum absolute atomic E-state index is 0. The summed E-state index contributed by atoms with van der Waals surface area (Å²) in [5.41, 5.74) is 3.89. The number of hydrogen-bond donors (Lipinski definition) is 1. The monoisotopic (exact) mass is 328 g/mol. The number of amides is 2. The van der Waals surface area contributed by atoms with Gasteiger partial charge in [-0.25, -0.2) is 0 Å². The van der Waals surface area contributed by atoms with Crippen LogP contribution in [-0.2, 0) is 44.7 Å². The van der Waals surface area contributed by atoms with Gasteiger partial charge in [0.25, 0.3) is 0 Å². The fraction of sp³-hybridized carbons (Fsp3) is 0.800. The summed E-state index contributed by atoms with van der Waals surface area (Å²) in [5, 5.41) is -1.03. The SMILES string of the molecule is CC(C)(C)N(C(=O)[S-])C(C)(C)C.NC(=O)[S-].[Zn+2]. The number of primary amides is 1. The zero-order chi connectivity index (χ0) is 13.7. The third-order valence-corrected chi connectivity index (χ3v) is 1.71. The van der Waals surface area contributed by atoms with Gasteiger partial charge in [0.05, 0.1) is 5.24 Å². The van der Waals surface area contributed by atoms with Gasteiger partial charge in [0.15, 0.2) is 0 Å². The van der Waals surface area contributed by atoms with E-state index in [-0.39, 0.29) is 35.8 Å². The molecular formula is C10H20N2O2S2Zn. The Kier molecular flexibility index (Phi) is 10.7. The Bertz CT molecular complexity index is 242. The molecule has 0 aliphatic carbocycles. The Morgan fingerprint density at radius 1 is 0.941 bits per heavy atom. The van der Waals surface area contributed by atoms with Crippen molar-refractivity contribution >= 4 is 35.7 Å². The van der Waals surface area contributed by atoms with E-state index in [1.807, 2.05) is 41.5 Å². The van der Waals surface area contributed by atoms with E-state index in [0.29, 0.717) is 0 Å². The molecule has 0 radical (unpaired) electrons. The molecule has 0 rings (SSSR count). The van der Waals surface area contributed by atoms with Crippen LogP contribution >= 0.6 is 0 Å². The standard InChI is InChI=1S/C9H19NOS.CH3NOS.Zn/c1-8(2,3)10(7(11)12)9(4,5)6;2-1(3)4;/h1-6H3,(H,11,12);(H3,2,3,4);/q;;+2/p-2. The molecule has 4 nitrogen and oxygen atoms in total. The first-order valence-electron chi connectivity index (χ1n) is 4.78. The van der Waals surface area contributed by atoms with Crippen molar-refractivity contribution in [1.29, 1.82) is 0 Å². The van der Waals surface area contributed by atoms with Crippen LogP contribution in [0, 0.1) is 0 Å². The molecule has 0 aromatic carbocycles. The van der Waals surface area contributed by atoms with Crippen molar-refractivity contribution in [2.45, 2.75) is 52.6 Å². The molecule has 0 fully saturated rings. The Balaban J connectivity index is -0.000000340. The Hall–Kier alpha value is 0.00338. The number of carbonyl (C=O) groups is 2. The summed E-state index contributed by atoms with van der Waals surface area (Å²) in [6, 6.07) is 0. The fourth-order valence-corrected chi connectivity index (χ4v) is 2.10. The van der Waals surface area contributed by atoms with Crippen molar-refractivity contribution in [3.63, 3.8) is 0 Å². The third-order valence-electron chi connectivity index (χ3n) is 1.52. The topological polar surface area (TPSA) is 63.4 Å². The van der Waals surface area contributed by atoms with E-state index in [0.717, 1.165) is 0 Å². The minimum atomic E-state index is -0.750. The summed E-state index contributed by atoms with van der Waals surface area (Å²) in [6.45, 7) is 11.9. The minimum Gasteiger partial charge on any atom is -0.719 e. The van der Waals surface area contributed by atoms with Gasteiger partial charge < -0.3 is 45.5 Å². The molecule has 0 aromatic heterocycles. The molecule has 0 heterocycles. The van der Waals surface area contributed by atoms with Gasteiger partial charge in [-0.15, -0.1) is 0 Å². The van der Waals surface area contributed by atoms with E-state index >= 15 is 0 Å². The Morgan fingerprint density at radius 3 is 1.12 bits per heavy atom. The Labute approximate surface area is 128 Å². The summed E-state index contributed by atoms with van der Waals surface area (Å²) in [6.07, 6.45) is 0. The van der Waals surface area contributed by atoms with Gasteiger partial charge in [-0.1, -0.05) is 0 Å². The quantitative estimate of drug-likeness (QED) is 0.546. The van der Waals surface area contributed by atoms with E-state index in [1.54, 1.807) is 4.90 Å². The van der Waals surface area contributed by atoms with Gasteiger partial charge >= 0.3 is 19.5 Å². The normalized spacial score (nSPS) is 10.5. The van der Waals surface area contributed by atoms with Crippen LogP contribution in [0.2, 0.25) is 0 Å². The number of nitrogens with two attached hydrogens (primary N) is 1. The van der Waals surface area contributed by atoms with Crippen LogP contribution in [0.25, 0.3) is 0 Å². The number of nitrogens with zero attached hydrogens (tertiary/aromatic N) is 1. The van der Waals surface area contributed by atoms with Crippen molar-refractivity contribution < 1.29 is 29.1 Å². The molecule has 0 unspecified atom stereocenters. The molecule has 17 heavy (non-hydrogen) atoms. The van der Waals surface area contributed by atoms with Crippen LogP contribution in [0.5, 0.6) is 0 Å². The van der Waals surface area contributed by atoms with Crippen molar-refractivity contribution in [3.05, 3.63) is 0 Å². The summed E-state index contributed by atoms with van der Waals surface area (Å²) >= 11 is 8.44. The summed E-state index contributed by atoms with van der Waals surface area (Å²) < 4.78 is 0. The first kappa shape index (κ1) is 22.2. The van der Waals surface area contributed by atoms with Gasteiger partial charge in [-0.05, 0) is 41.5 Å². The first-order chi connectivity index (χ1) is 6.80. The van der Waals surface area contributed by atoms with Gasteiger partial charge in [0.2, 0.25) is 0 Å². The molecule has 2 amide bonds. The molecule has 0 spiro atoms.